The van der Waals surface area contributed by atoms with Gasteiger partial charge in [0, 0.05) is 37.7 Å². The Bertz CT molecular complexity index is 1170. The second-order valence-corrected chi connectivity index (χ2v) is 8.56. The smallest absolute Gasteiger partial charge is 0.327 e. The molecular formula is C23H24N2O4S. The Morgan fingerprint density at radius 1 is 1.07 bits per heavy atom. The molecule has 3 rings (SSSR count). The summed E-state index contributed by atoms with van der Waals surface area (Å²) in [6.07, 6.45) is 1.57. The second-order valence-electron chi connectivity index (χ2n) is 8.19. The molecule has 1 unspecified atom stereocenters. The number of hydrogen-bond acceptors (Lipinski definition) is 4. The van der Waals surface area contributed by atoms with Gasteiger partial charge in [-0.1, -0.05) is 12.1 Å². The van der Waals surface area contributed by atoms with Crippen molar-refractivity contribution in [2.45, 2.75) is 32.4 Å². The summed E-state index contributed by atoms with van der Waals surface area (Å²) in [6, 6.07) is 13.9. The Labute approximate surface area is 180 Å². The normalized spacial score (nSPS) is 13.4. The molecule has 3 aromatic carbocycles. The number of carboxylic acids is 1. The summed E-state index contributed by atoms with van der Waals surface area (Å²) in [4.78, 5) is 23.6. The number of nitrogens with zero attached hydrogens (tertiary/aromatic N) is 1. The number of aliphatic carboxylic acids is 1. The maximum Gasteiger partial charge on any atom is 0.327 e. The number of carboxylic acid groups (broad SMARTS) is 1. The van der Waals surface area contributed by atoms with Crippen molar-refractivity contribution in [3.63, 3.8) is 0 Å². The van der Waals surface area contributed by atoms with Crippen LogP contribution in [0.3, 0.4) is 0 Å². The SMILES string of the molecule is CC(C)(C)/[N+]([O-])=C\c1ccc2cc3ccc(C(=O)NC(CS)C(=O)O)cc3cc2c1. The van der Waals surface area contributed by atoms with Gasteiger partial charge in [-0.2, -0.15) is 12.6 Å². The van der Waals surface area contributed by atoms with E-state index in [1.54, 1.807) is 18.3 Å². The van der Waals surface area contributed by atoms with E-state index < -0.39 is 23.5 Å². The number of carbonyl (C=O) groups excluding carboxylic acids is 1. The zero-order valence-electron chi connectivity index (χ0n) is 17.0. The largest absolute Gasteiger partial charge is 0.623 e. The molecule has 0 saturated carbocycles. The van der Waals surface area contributed by atoms with Crippen LogP contribution in [0.5, 0.6) is 0 Å². The first-order valence-corrected chi connectivity index (χ1v) is 10.1. The molecule has 0 saturated heterocycles. The topological polar surface area (TPSA) is 92.5 Å². The lowest BCUT2D eigenvalue weighted by Gasteiger charge is -2.18. The van der Waals surface area contributed by atoms with Crippen LogP contribution in [0, 0.1) is 5.21 Å². The third-order valence-corrected chi connectivity index (χ3v) is 5.16. The fraction of sp³-hybridized carbons (Fsp3) is 0.261. The van der Waals surface area contributed by atoms with E-state index in [9.17, 15) is 14.8 Å². The summed E-state index contributed by atoms with van der Waals surface area (Å²) in [7, 11) is 0. The summed E-state index contributed by atoms with van der Waals surface area (Å²) in [5.41, 5.74) is 0.636. The average Bonchev–Trinajstić information content (AvgIpc) is 2.68. The van der Waals surface area contributed by atoms with Crippen molar-refractivity contribution in [1.29, 1.82) is 0 Å². The first-order valence-electron chi connectivity index (χ1n) is 9.52. The lowest BCUT2D eigenvalue weighted by Crippen LogP contribution is -2.42. The number of nitrogens with one attached hydrogen (secondary N) is 1. The molecule has 0 radical (unpaired) electrons. The number of amides is 1. The summed E-state index contributed by atoms with van der Waals surface area (Å²) in [5.74, 6) is -1.59. The van der Waals surface area contributed by atoms with Crippen LogP contribution in [0.2, 0.25) is 0 Å². The van der Waals surface area contributed by atoms with Gasteiger partial charge in [0.1, 0.15) is 6.04 Å². The van der Waals surface area contributed by atoms with E-state index >= 15 is 0 Å². The molecule has 6 nitrogen and oxygen atoms in total. The van der Waals surface area contributed by atoms with Crippen molar-refractivity contribution >= 4 is 52.3 Å². The number of hydroxylamine groups is 1. The number of carbonyl (C=O) groups is 2. The van der Waals surface area contributed by atoms with Crippen molar-refractivity contribution in [2.24, 2.45) is 0 Å². The van der Waals surface area contributed by atoms with Gasteiger partial charge in [-0.3, -0.25) is 4.79 Å². The quantitative estimate of drug-likeness (QED) is 0.145. The Morgan fingerprint density at radius 3 is 2.27 bits per heavy atom. The Hall–Kier alpha value is -3.06. The number of thiol groups is 1. The molecule has 1 atom stereocenters. The van der Waals surface area contributed by atoms with Crippen molar-refractivity contribution in [3.05, 3.63) is 64.9 Å². The molecule has 2 N–H and O–H groups in total. The highest BCUT2D eigenvalue weighted by atomic mass is 32.1. The van der Waals surface area contributed by atoms with Gasteiger partial charge in [0.15, 0.2) is 11.8 Å². The van der Waals surface area contributed by atoms with E-state index in [1.807, 2.05) is 57.2 Å². The zero-order chi connectivity index (χ0) is 22.1. The monoisotopic (exact) mass is 424 g/mol. The highest BCUT2D eigenvalue weighted by molar-refractivity contribution is 7.80. The number of fused-ring (bicyclic) bond motifs is 2. The minimum absolute atomic E-state index is 0.00384. The second kappa shape index (κ2) is 8.36. The van der Waals surface area contributed by atoms with E-state index in [4.69, 9.17) is 5.11 Å². The summed E-state index contributed by atoms with van der Waals surface area (Å²) in [5, 5.41) is 27.6. The van der Waals surface area contributed by atoms with E-state index in [0.717, 1.165) is 31.8 Å². The average molecular weight is 425 g/mol. The van der Waals surface area contributed by atoms with Crippen molar-refractivity contribution in [1.82, 2.24) is 5.32 Å². The van der Waals surface area contributed by atoms with Gasteiger partial charge in [-0.25, -0.2) is 9.53 Å². The third kappa shape index (κ3) is 4.74. The summed E-state index contributed by atoms with van der Waals surface area (Å²) < 4.78 is 0.929. The lowest BCUT2D eigenvalue weighted by molar-refractivity contribution is -0.530. The molecule has 0 aromatic heterocycles. The molecule has 0 heterocycles. The van der Waals surface area contributed by atoms with Crippen LogP contribution >= 0.6 is 12.6 Å². The fourth-order valence-corrected chi connectivity index (χ4v) is 3.24. The molecule has 0 aliphatic rings. The van der Waals surface area contributed by atoms with Gasteiger partial charge in [0.2, 0.25) is 0 Å². The van der Waals surface area contributed by atoms with E-state index in [0.29, 0.717) is 5.56 Å². The van der Waals surface area contributed by atoms with Crippen LogP contribution in [0.15, 0.2) is 48.5 Å². The minimum Gasteiger partial charge on any atom is -0.623 e. The van der Waals surface area contributed by atoms with E-state index in [-0.39, 0.29) is 5.75 Å². The standard InChI is InChI=1S/C23H24N2O4S/c1-23(2,3)25(29)12-14-4-5-15-9-16-6-7-17(10-19(16)11-18(15)8-14)21(26)24-20(13-30)22(27)28/h4-12,20,30H,13H2,1-3H3,(H,24,26)(H,27,28)/b25-12+. The minimum atomic E-state index is -1.13. The third-order valence-electron chi connectivity index (χ3n) is 4.80. The number of benzene rings is 3. The zero-order valence-corrected chi connectivity index (χ0v) is 17.9. The first-order chi connectivity index (χ1) is 14.1. The molecule has 0 fully saturated rings. The molecule has 0 aliphatic heterocycles. The Kier molecular flexibility index (Phi) is 6.03. The fourth-order valence-electron chi connectivity index (χ4n) is 2.99. The van der Waals surface area contributed by atoms with Gasteiger partial charge >= 0.3 is 5.97 Å². The van der Waals surface area contributed by atoms with E-state index in [2.05, 4.69) is 17.9 Å². The van der Waals surface area contributed by atoms with Crippen LogP contribution in [-0.4, -0.2) is 45.3 Å². The van der Waals surface area contributed by atoms with Crippen LogP contribution in [0.1, 0.15) is 36.7 Å². The Balaban J connectivity index is 1.99. The first kappa shape index (κ1) is 21.6. The van der Waals surface area contributed by atoms with Gasteiger partial charge in [0.05, 0.1) is 0 Å². The van der Waals surface area contributed by atoms with Crippen LogP contribution in [0.4, 0.5) is 0 Å². The van der Waals surface area contributed by atoms with Gasteiger partial charge in [0.25, 0.3) is 5.91 Å². The highest BCUT2D eigenvalue weighted by Gasteiger charge is 2.19. The molecule has 1 amide bonds. The molecular weight excluding hydrogens is 400 g/mol. The van der Waals surface area contributed by atoms with Crippen molar-refractivity contribution in [2.75, 3.05) is 5.75 Å². The maximum absolute atomic E-state index is 12.4. The summed E-state index contributed by atoms with van der Waals surface area (Å²) >= 11 is 3.97. The molecule has 0 bridgehead atoms. The Morgan fingerprint density at radius 2 is 1.67 bits per heavy atom. The predicted octanol–water partition coefficient (Wildman–Crippen LogP) is 3.83. The van der Waals surface area contributed by atoms with Crippen molar-refractivity contribution < 1.29 is 19.4 Å². The molecule has 7 heteroatoms. The van der Waals surface area contributed by atoms with Crippen LogP contribution < -0.4 is 5.32 Å². The molecule has 3 aromatic rings. The highest BCUT2D eigenvalue weighted by Crippen LogP contribution is 2.25. The van der Waals surface area contributed by atoms with Gasteiger partial charge in [-0.15, -0.1) is 0 Å². The maximum atomic E-state index is 12.4. The van der Waals surface area contributed by atoms with Crippen LogP contribution in [-0.2, 0) is 4.79 Å². The number of rotatable bonds is 5. The molecule has 0 spiro atoms. The van der Waals surface area contributed by atoms with Crippen molar-refractivity contribution in [3.8, 4) is 0 Å². The van der Waals surface area contributed by atoms with Gasteiger partial charge in [-0.05, 0) is 57.9 Å². The lowest BCUT2D eigenvalue weighted by atomic mass is 10.00. The van der Waals surface area contributed by atoms with E-state index in [1.165, 1.54) is 0 Å². The van der Waals surface area contributed by atoms with Crippen LogP contribution in [0.25, 0.3) is 21.5 Å². The predicted molar refractivity (Wildman–Crippen MR) is 123 cm³/mol. The summed E-state index contributed by atoms with van der Waals surface area (Å²) in [6.45, 7) is 5.54. The molecule has 156 valence electrons. The molecule has 30 heavy (non-hydrogen) atoms. The van der Waals surface area contributed by atoms with Gasteiger partial charge < -0.3 is 15.6 Å². The number of hydrogen-bond donors (Lipinski definition) is 3. The molecule has 0 aliphatic carbocycles.